The second-order valence-electron chi connectivity index (χ2n) is 6.42. The van der Waals surface area contributed by atoms with Gasteiger partial charge >= 0.3 is 0 Å². The van der Waals surface area contributed by atoms with Crippen LogP contribution in [0.1, 0.15) is 31.7 Å². The van der Waals surface area contributed by atoms with Gasteiger partial charge in [0.1, 0.15) is 0 Å². The summed E-state index contributed by atoms with van der Waals surface area (Å²) in [7, 11) is 0. The minimum Gasteiger partial charge on any atom is -0.490 e. The van der Waals surface area contributed by atoms with E-state index in [4.69, 9.17) is 25.6 Å². The average molecular weight is 430 g/mol. The monoisotopic (exact) mass is 429 g/mol. The van der Waals surface area contributed by atoms with E-state index in [0.717, 1.165) is 5.56 Å². The Kier molecular flexibility index (Phi) is 7.68. The lowest BCUT2D eigenvalue weighted by Crippen LogP contribution is -2.23. The number of halogens is 1. The smallest absolute Gasteiger partial charge is 0.246 e. The van der Waals surface area contributed by atoms with Crippen molar-refractivity contribution >= 4 is 17.5 Å². The summed E-state index contributed by atoms with van der Waals surface area (Å²) in [6, 6.07) is 13.0. The summed E-state index contributed by atoms with van der Waals surface area (Å²) in [5.74, 6) is 1.99. The zero-order valence-corrected chi connectivity index (χ0v) is 17.7. The molecule has 3 rings (SSSR count). The molecule has 7 nitrogen and oxygen atoms in total. The van der Waals surface area contributed by atoms with Gasteiger partial charge in [-0.15, -0.1) is 0 Å². The van der Waals surface area contributed by atoms with Gasteiger partial charge in [0.2, 0.25) is 17.6 Å². The van der Waals surface area contributed by atoms with Gasteiger partial charge in [-0.3, -0.25) is 4.79 Å². The maximum absolute atomic E-state index is 12.2. The van der Waals surface area contributed by atoms with Crippen molar-refractivity contribution in [2.24, 2.45) is 0 Å². The van der Waals surface area contributed by atoms with Gasteiger partial charge in [0.05, 0.1) is 24.8 Å². The van der Waals surface area contributed by atoms with E-state index < -0.39 is 0 Å². The van der Waals surface area contributed by atoms with Gasteiger partial charge in [-0.25, -0.2) is 0 Å². The lowest BCUT2D eigenvalue weighted by Gasteiger charge is -2.12. The Labute approximate surface area is 180 Å². The fourth-order valence-electron chi connectivity index (χ4n) is 2.85. The number of carbonyl (C=O) groups excluding carboxylic acids is 1. The van der Waals surface area contributed by atoms with Gasteiger partial charge in [-0.1, -0.05) is 35.0 Å². The van der Waals surface area contributed by atoms with E-state index in [0.29, 0.717) is 59.9 Å². The van der Waals surface area contributed by atoms with Crippen molar-refractivity contribution in [1.29, 1.82) is 0 Å². The van der Waals surface area contributed by atoms with Crippen molar-refractivity contribution < 1.29 is 18.8 Å². The number of ether oxygens (including phenoxy) is 2. The number of aromatic nitrogens is 2. The first-order valence-electron chi connectivity index (χ1n) is 9.83. The largest absolute Gasteiger partial charge is 0.490 e. The molecule has 2 aromatic carbocycles. The molecule has 0 saturated heterocycles. The molecule has 1 aromatic heterocycles. The van der Waals surface area contributed by atoms with Crippen LogP contribution in [-0.4, -0.2) is 29.3 Å². The Morgan fingerprint density at radius 3 is 2.63 bits per heavy atom. The standard InChI is InChI=1S/C22H24ClN3O4/c1-3-28-18-11-9-15(13-19(18)29-4-2)10-12-20(27)24-14-21-25-22(26-30-21)16-7-5-6-8-17(16)23/h5-9,11,13H,3-4,10,12,14H2,1-2H3,(H,24,27). The number of hydrogen-bond donors (Lipinski definition) is 1. The molecule has 0 atom stereocenters. The third-order valence-corrected chi connectivity index (χ3v) is 4.60. The van der Waals surface area contributed by atoms with E-state index in [2.05, 4.69) is 15.5 Å². The van der Waals surface area contributed by atoms with E-state index in [1.807, 2.05) is 50.2 Å². The Hall–Kier alpha value is -3.06. The summed E-state index contributed by atoms with van der Waals surface area (Å²) in [6.45, 7) is 5.11. The van der Waals surface area contributed by atoms with Crippen LogP contribution in [-0.2, 0) is 17.8 Å². The molecule has 1 heterocycles. The second kappa shape index (κ2) is 10.6. The predicted octanol–water partition coefficient (Wildman–Crippen LogP) is 4.44. The van der Waals surface area contributed by atoms with Crippen molar-refractivity contribution in [1.82, 2.24) is 15.5 Å². The first-order chi connectivity index (χ1) is 14.6. The van der Waals surface area contributed by atoms with Crippen molar-refractivity contribution in [3.8, 4) is 22.9 Å². The lowest BCUT2D eigenvalue weighted by atomic mass is 10.1. The second-order valence-corrected chi connectivity index (χ2v) is 6.82. The third kappa shape index (κ3) is 5.73. The molecule has 0 bridgehead atoms. The Morgan fingerprint density at radius 1 is 1.10 bits per heavy atom. The van der Waals surface area contributed by atoms with E-state index in [9.17, 15) is 4.79 Å². The molecule has 1 N–H and O–H groups in total. The Bertz CT molecular complexity index is 990. The van der Waals surface area contributed by atoms with Crippen molar-refractivity contribution in [2.45, 2.75) is 33.2 Å². The molecule has 158 valence electrons. The van der Waals surface area contributed by atoms with Gasteiger partial charge in [0, 0.05) is 12.0 Å². The van der Waals surface area contributed by atoms with Gasteiger partial charge < -0.3 is 19.3 Å². The molecule has 0 aliphatic heterocycles. The normalized spacial score (nSPS) is 10.6. The molecular formula is C22H24ClN3O4. The number of hydrogen-bond acceptors (Lipinski definition) is 6. The van der Waals surface area contributed by atoms with Gasteiger partial charge in [-0.2, -0.15) is 4.98 Å². The van der Waals surface area contributed by atoms with Gasteiger partial charge in [-0.05, 0) is 50.1 Å². The van der Waals surface area contributed by atoms with Crippen LogP contribution >= 0.6 is 11.6 Å². The highest BCUT2D eigenvalue weighted by molar-refractivity contribution is 6.33. The third-order valence-electron chi connectivity index (χ3n) is 4.27. The Balaban J connectivity index is 1.52. The van der Waals surface area contributed by atoms with Gasteiger partial charge in [0.15, 0.2) is 11.5 Å². The lowest BCUT2D eigenvalue weighted by molar-refractivity contribution is -0.121. The summed E-state index contributed by atoms with van der Waals surface area (Å²) in [4.78, 5) is 16.5. The minimum absolute atomic E-state index is 0.112. The summed E-state index contributed by atoms with van der Waals surface area (Å²) in [5.41, 5.74) is 1.68. The SMILES string of the molecule is CCOc1ccc(CCC(=O)NCc2nc(-c3ccccc3Cl)no2)cc1OCC. The molecule has 0 radical (unpaired) electrons. The molecule has 0 saturated carbocycles. The van der Waals surface area contributed by atoms with Crippen LogP contribution < -0.4 is 14.8 Å². The van der Waals surface area contributed by atoms with Crippen LogP contribution in [0.4, 0.5) is 0 Å². The van der Waals surface area contributed by atoms with Crippen molar-refractivity contribution in [3.63, 3.8) is 0 Å². The summed E-state index contributed by atoms with van der Waals surface area (Å²) < 4.78 is 16.4. The molecular weight excluding hydrogens is 406 g/mol. The number of nitrogens with one attached hydrogen (secondary N) is 1. The van der Waals surface area contributed by atoms with Crippen LogP contribution in [0.3, 0.4) is 0 Å². The molecule has 0 aliphatic carbocycles. The molecule has 0 aliphatic rings. The van der Waals surface area contributed by atoms with Crippen LogP contribution in [0.2, 0.25) is 5.02 Å². The molecule has 0 spiro atoms. The Morgan fingerprint density at radius 2 is 1.87 bits per heavy atom. The molecule has 1 amide bonds. The number of aryl methyl sites for hydroxylation is 1. The van der Waals surface area contributed by atoms with E-state index in [1.54, 1.807) is 6.07 Å². The number of carbonyl (C=O) groups is 1. The van der Waals surface area contributed by atoms with Crippen LogP contribution in [0.15, 0.2) is 47.0 Å². The quantitative estimate of drug-likeness (QED) is 0.512. The maximum atomic E-state index is 12.2. The molecule has 3 aromatic rings. The highest BCUT2D eigenvalue weighted by atomic mass is 35.5. The first-order valence-corrected chi connectivity index (χ1v) is 10.2. The van der Waals surface area contributed by atoms with Crippen molar-refractivity contribution in [3.05, 3.63) is 58.9 Å². The average Bonchev–Trinajstić information content (AvgIpc) is 3.22. The molecule has 30 heavy (non-hydrogen) atoms. The fraction of sp³-hybridized carbons (Fsp3) is 0.318. The maximum Gasteiger partial charge on any atom is 0.246 e. The number of rotatable bonds is 10. The predicted molar refractivity (Wildman–Crippen MR) is 114 cm³/mol. The van der Waals surface area contributed by atoms with E-state index in [-0.39, 0.29) is 12.5 Å². The van der Waals surface area contributed by atoms with Crippen LogP contribution in [0.5, 0.6) is 11.5 Å². The van der Waals surface area contributed by atoms with E-state index >= 15 is 0 Å². The molecule has 8 heteroatoms. The summed E-state index contributed by atoms with van der Waals surface area (Å²) >= 11 is 6.14. The number of benzene rings is 2. The zero-order valence-electron chi connectivity index (χ0n) is 17.0. The topological polar surface area (TPSA) is 86.5 Å². The van der Waals surface area contributed by atoms with Crippen molar-refractivity contribution in [2.75, 3.05) is 13.2 Å². The summed E-state index contributed by atoms with van der Waals surface area (Å²) in [6.07, 6.45) is 0.901. The molecule has 0 fully saturated rings. The highest BCUT2D eigenvalue weighted by Crippen LogP contribution is 2.29. The van der Waals surface area contributed by atoms with E-state index in [1.165, 1.54) is 0 Å². The minimum atomic E-state index is -0.112. The molecule has 0 unspecified atom stereocenters. The highest BCUT2D eigenvalue weighted by Gasteiger charge is 2.13. The first kappa shape index (κ1) is 21.6. The van der Waals surface area contributed by atoms with Crippen LogP contribution in [0.25, 0.3) is 11.4 Å². The summed E-state index contributed by atoms with van der Waals surface area (Å²) in [5, 5.41) is 7.26. The zero-order chi connectivity index (χ0) is 21.3. The van der Waals surface area contributed by atoms with Gasteiger partial charge in [0.25, 0.3) is 0 Å². The number of nitrogens with zero attached hydrogens (tertiary/aromatic N) is 2. The van der Waals surface area contributed by atoms with Crippen LogP contribution in [0, 0.1) is 0 Å². The number of amides is 1. The fourth-order valence-corrected chi connectivity index (χ4v) is 3.07.